The maximum atomic E-state index is 5.61. The molecule has 5 heteroatoms. The zero-order valence-electron chi connectivity index (χ0n) is 13.0. The summed E-state index contributed by atoms with van der Waals surface area (Å²) in [6.45, 7) is 4.02. The van der Waals surface area contributed by atoms with Gasteiger partial charge >= 0.3 is 0 Å². The van der Waals surface area contributed by atoms with Gasteiger partial charge in [-0.25, -0.2) is 4.98 Å². The van der Waals surface area contributed by atoms with Crippen LogP contribution < -0.4 is 10.5 Å². The third-order valence-electron chi connectivity index (χ3n) is 4.05. The summed E-state index contributed by atoms with van der Waals surface area (Å²) in [5.41, 5.74) is 8.19. The van der Waals surface area contributed by atoms with E-state index >= 15 is 0 Å². The van der Waals surface area contributed by atoms with Crippen molar-refractivity contribution in [3.8, 4) is 5.75 Å². The molecule has 1 aromatic heterocycles. The monoisotopic (exact) mass is 317 g/mol. The number of nitrogens with zero attached hydrogens (tertiary/aromatic N) is 2. The molecule has 0 aliphatic carbocycles. The van der Waals surface area contributed by atoms with E-state index < -0.39 is 0 Å². The van der Waals surface area contributed by atoms with Crippen molar-refractivity contribution in [2.75, 3.05) is 26.7 Å². The van der Waals surface area contributed by atoms with E-state index in [2.05, 4.69) is 17.0 Å². The highest BCUT2D eigenvalue weighted by Crippen LogP contribution is 2.27. The van der Waals surface area contributed by atoms with Crippen molar-refractivity contribution in [1.29, 1.82) is 0 Å². The minimum atomic E-state index is 0.773. The van der Waals surface area contributed by atoms with E-state index in [0.29, 0.717) is 0 Å². The van der Waals surface area contributed by atoms with Crippen LogP contribution in [-0.4, -0.2) is 36.6 Å². The van der Waals surface area contributed by atoms with Crippen LogP contribution in [0.4, 0.5) is 0 Å². The molecule has 0 saturated carbocycles. The lowest BCUT2D eigenvalue weighted by Gasteiger charge is -2.25. The summed E-state index contributed by atoms with van der Waals surface area (Å²) in [5.74, 6) is 0.901. The Labute approximate surface area is 135 Å². The van der Waals surface area contributed by atoms with Crippen molar-refractivity contribution < 1.29 is 4.74 Å². The first-order valence-electron chi connectivity index (χ1n) is 7.81. The molecule has 118 valence electrons. The molecule has 2 heterocycles. The Morgan fingerprint density at radius 2 is 2.14 bits per heavy atom. The fourth-order valence-electron chi connectivity index (χ4n) is 2.80. The Kier molecular flexibility index (Phi) is 5.08. The molecule has 0 bridgehead atoms. The molecule has 0 amide bonds. The molecule has 4 nitrogen and oxygen atoms in total. The second-order valence-electron chi connectivity index (χ2n) is 5.67. The fourth-order valence-corrected chi connectivity index (χ4v) is 3.99. The molecule has 3 rings (SSSR count). The van der Waals surface area contributed by atoms with Crippen molar-refractivity contribution in [3.63, 3.8) is 0 Å². The van der Waals surface area contributed by atoms with Crippen LogP contribution in [0.5, 0.6) is 5.75 Å². The summed E-state index contributed by atoms with van der Waals surface area (Å²) in [4.78, 5) is 8.77. The smallest absolute Gasteiger partial charge is 0.118 e. The number of methoxy groups -OCH3 is 1. The Morgan fingerprint density at radius 3 is 2.86 bits per heavy atom. The first kappa shape index (κ1) is 15.5. The molecule has 1 aliphatic heterocycles. The van der Waals surface area contributed by atoms with Crippen LogP contribution in [0.3, 0.4) is 0 Å². The van der Waals surface area contributed by atoms with Gasteiger partial charge in [-0.15, -0.1) is 11.3 Å². The number of hydrogen-bond donors (Lipinski definition) is 1. The molecule has 0 radical (unpaired) electrons. The molecule has 0 spiro atoms. The van der Waals surface area contributed by atoms with Gasteiger partial charge in [0.05, 0.1) is 17.8 Å². The van der Waals surface area contributed by atoms with Crippen molar-refractivity contribution in [3.05, 3.63) is 45.4 Å². The molecule has 0 atom stereocenters. The summed E-state index contributed by atoms with van der Waals surface area (Å²) < 4.78 is 5.20. The quantitative estimate of drug-likeness (QED) is 0.889. The van der Waals surface area contributed by atoms with Gasteiger partial charge in [0.1, 0.15) is 5.75 Å². The summed E-state index contributed by atoms with van der Waals surface area (Å²) in [7, 11) is 1.69. The summed E-state index contributed by atoms with van der Waals surface area (Å²) >= 11 is 1.86. The molecule has 0 saturated heterocycles. The molecule has 1 aliphatic rings. The summed E-state index contributed by atoms with van der Waals surface area (Å²) in [5, 5.41) is 1.22. The van der Waals surface area contributed by atoms with Gasteiger partial charge in [0.25, 0.3) is 0 Å². The maximum Gasteiger partial charge on any atom is 0.118 e. The van der Waals surface area contributed by atoms with Crippen LogP contribution >= 0.6 is 11.3 Å². The zero-order valence-corrected chi connectivity index (χ0v) is 13.9. The second kappa shape index (κ2) is 7.22. The Morgan fingerprint density at radius 1 is 1.32 bits per heavy atom. The van der Waals surface area contributed by atoms with Crippen LogP contribution in [-0.2, 0) is 19.4 Å². The van der Waals surface area contributed by atoms with Gasteiger partial charge in [0.2, 0.25) is 0 Å². The summed E-state index contributed by atoms with van der Waals surface area (Å²) in [6.07, 6.45) is 3.05. The highest BCUT2D eigenvalue weighted by atomic mass is 32.1. The Bertz CT molecular complexity index is 609. The molecule has 2 aromatic rings. The first-order valence-corrected chi connectivity index (χ1v) is 8.63. The first-order chi connectivity index (χ1) is 10.8. The van der Waals surface area contributed by atoms with Gasteiger partial charge in [0.15, 0.2) is 0 Å². The van der Waals surface area contributed by atoms with E-state index in [4.69, 9.17) is 15.5 Å². The number of aromatic nitrogens is 1. The predicted molar refractivity (Wildman–Crippen MR) is 90.6 cm³/mol. The van der Waals surface area contributed by atoms with Gasteiger partial charge in [-0.2, -0.15) is 0 Å². The maximum absolute atomic E-state index is 5.61. The van der Waals surface area contributed by atoms with E-state index in [9.17, 15) is 0 Å². The lowest BCUT2D eigenvalue weighted by Crippen LogP contribution is -2.31. The van der Waals surface area contributed by atoms with E-state index in [0.717, 1.165) is 51.2 Å². The van der Waals surface area contributed by atoms with Gasteiger partial charge in [-0.05, 0) is 37.2 Å². The Balaban J connectivity index is 1.65. The van der Waals surface area contributed by atoms with Crippen molar-refractivity contribution in [2.45, 2.75) is 25.8 Å². The van der Waals surface area contributed by atoms with Crippen molar-refractivity contribution >= 4 is 11.3 Å². The number of benzene rings is 1. The van der Waals surface area contributed by atoms with Crippen LogP contribution in [0.15, 0.2) is 24.3 Å². The normalized spacial score (nSPS) is 14.8. The van der Waals surface area contributed by atoms with Crippen LogP contribution in [0.2, 0.25) is 0 Å². The predicted octanol–water partition coefficient (Wildman–Crippen LogP) is 2.45. The van der Waals surface area contributed by atoms with Gasteiger partial charge in [-0.3, -0.25) is 4.90 Å². The van der Waals surface area contributed by atoms with Gasteiger partial charge in [-0.1, -0.05) is 12.1 Å². The number of fused-ring (bicyclic) bond motifs is 1. The van der Waals surface area contributed by atoms with E-state index in [1.165, 1.54) is 21.1 Å². The largest absolute Gasteiger partial charge is 0.497 e. The van der Waals surface area contributed by atoms with E-state index in [-0.39, 0.29) is 0 Å². The zero-order chi connectivity index (χ0) is 15.4. The molecule has 22 heavy (non-hydrogen) atoms. The van der Waals surface area contributed by atoms with Gasteiger partial charge in [0, 0.05) is 30.8 Å². The standard InChI is InChI=1S/C17H23N3OS/c1-21-14-5-3-13(4-6-14)11-17-19-15-7-10-20(9-2-8-18)12-16(15)22-17/h3-6H,2,7-12,18H2,1H3. The van der Waals surface area contributed by atoms with Crippen LogP contribution in [0, 0.1) is 0 Å². The number of thiazole rings is 1. The lowest BCUT2D eigenvalue weighted by atomic mass is 10.1. The fraction of sp³-hybridized carbons (Fsp3) is 0.471. The van der Waals surface area contributed by atoms with Gasteiger partial charge < -0.3 is 10.5 Å². The minimum Gasteiger partial charge on any atom is -0.497 e. The Hall–Kier alpha value is -1.43. The average Bonchev–Trinajstić information content (AvgIpc) is 2.95. The SMILES string of the molecule is COc1ccc(Cc2nc3c(s2)CN(CCCN)CC3)cc1. The van der Waals surface area contributed by atoms with E-state index in [1.54, 1.807) is 7.11 Å². The number of nitrogens with two attached hydrogens (primary N) is 1. The number of ether oxygens (including phenoxy) is 1. The lowest BCUT2D eigenvalue weighted by molar-refractivity contribution is 0.254. The third kappa shape index (κ3) is 3.66. The molecule has 0 fully saturated rings. The molecular weight excluding hydrogens is 294 g/mol. The molecule has 0 unspecified atom stereocenters. The topological polar surface area (TPSA) is 51.4 Å². The number of hydrogen-bond acceptors (Lipinski definition) is 5. The highest BCUT2D eigenvalue weighted by Gasteiger charge is 2.20. The van der Waals surface area contributed by atoms with Crippen molar-refractivity contribution in [2.24, 2.45) is 5.73 Å². The second-order valence-corrected chi connectivity index (χ2v) is 6.84. The molecule has 2 N–H and O–H groups in total. The summed E-state index contributed by atoms with van der Waals surface area (Å²) in [6, 6.07) is 8.26. The van der Waals surface area contributed by atoms with E-state index in [1.807, 2.05) is 23.5 Å². The number of rotatable bonds is 6. The third-order valence-corrected chi connectivity index (χ3v) is 5.13. The molecular formula is C17H23N3OS. The van der Waals surface area contributed by atoms with Crippen LogP contribution in [0.1, 0.15) is 27.6 Å². The van der Waals surface area contributed by atoms with Crippen molar-refractivity contribution in [1.82, 2.24) is 9.88 Å². The van der Waals surface area contributed by atoms with Crippen LogP contribution in [0.25, 0.3) is 0 Å². The average molecular weight is 317 g/mol. The minimum absolute atomic E-state index is 0.773. The molecule has 1 aromatic carbocycles. The highest BCUT2D eigenvalue weighted by molar-refractivity contribution is 7.11.